The number of nitriles is 2. The van der Waals surface area contributed by atoms with Gasteiger partial charge in [-0.15, -0.1) is 11.3 Å². The quantitative estimate of drug-likeness (QED) is 0.282. The largest absolute Gasteiger partial charge is 0.467 e. The first-order valence-corrected chi connectivity index (χ1v) is 12.6. The van der Waals surface area contributed by atoms with E-state index in [1.54, 1.807) is 15.7 Å². The maximum atomic E-state index is 16.5. The van der Waals surface area contributed by atoms with Gasteiger partial charge in [-0.3, -0.25) is 4.68 Å². The van der Waals surface area contributed by atoms with Gasteiger partial charge in [0.25, 0.3) is 0 Å². The number of methoxy groups -OCH3 is 1. The fraction of sp³-hybridized carbons (Fsp3) is 0.192. The molecule has 0 fully saturated rings. The molecule has 0 bridgehead atoms. The molecule has 0 aliphatic carbocycles. The van der Waals surface area contributed by atoms with Crippen LogP contribution in [0.2, 0.25) is 0 Å². The van der Waals surface area contributed by atoms with Crippen molar-refractivity contribution in [2.45, 2.75) is 19.3 Å². The molecule has 4 heterocycles. The summed E-state index contributed by atoms with van der Waals surface area (Å²) >= 11 is 0.681. The van der Waals surface area contributed by atoms with Crippen LogP contribution in [0.3, 0.4) is 0 Å². The number of nitrogens with two attached hydrogens (primary N) is 1. The van der Waals surface area contributed by atoms with Gasteiger partial charge in [0, 0.05) is 22.9 Å². The number of aromatic nitrogens is 4. The number of fused-ring (bicyclic) bond motifs is 3. The van der Waals surface area contributed by atoms with Crippen molar-refractivity contribution in [2.75, 3.05) is 24.3 Å². The smallest absolute Gasteiger partial charge is 0.417 e. The van der Waals surface area contributed by atoms with Gasteiger partial charge in [0.05, 0.1) is 53.5 Å². The van der Waals surface area contributed by atoms with E-state index < -0.39 is 34.5 Å². The van der Waals surface area contributed by atoms with Crippen LogP contribution in [0.25, 0.3) is 32.1 Å². The first-order valence-electron chi connectivity index (χ1n) is 11.8. The number of thiophene rings is 1. The summed E-state index contributed by atoms with van der Waals surface area (Å²) < 4.78 is 81.6. The number of halogens is 5. The van der Waals surface area contributed by atoms with Gasteiger partial charge in [0.2, 0.25) is 0 Å². The molecular weight excluding hydrogens is 567 g/mol. The molecule has 1 aliphatic heterocycles. The zero-order valence-corrected chi connectivity index (χ0v) is 21.7. The third-order valence-corrected chi connectivity index (χ3v) is 7.90. The summed E-state index contributed by atoms with van der Waals surface area (Å²) in [6.07, 6.45) is -3.69. The lowest BCUT2D eigenvalue weighted by Gasteiger charge is -2.30. The predicted molar refractivity (Wildman–Crippen MR) is 139 cm³/mol. The number of alkyl halides is 3. The van der Waals surface area contributed by atoms with Crippen LogP contribution in [-0.4, -0.2) is 33.4 Å². The molecule has 0 unspecified atom stereocenters. The lowest BCUT2D eigenvalue weighted by atomic mass is 9.92. The Morgan fingerprint density at radius 1 is 1.12 bits per heavy atom. The predicted octanol–water partition coefficient (Wildman–Crippen LogP) is 5.36. The van der Waals surface area contributed by atoms with Crippen molar-refractivity contribution < 1.29 is 26.7 Å². The molecule has 2 aromatic carbocycles. The van der Waals surface area contributed by atoms with Crippen LogP contribution in [-0.2, 0) is 19.3 Å². The molecule has 0 amide bonds. The zero-order chi connectivity index (χ0) is 29.2. The van der Waals surface area contributed by atoms with E-state index in [0.29, 0.717) is 23.6 Å². The molecule has 206 valence electrons. The molecule has 0 spiro atoms. The van der Waals surface area contributed by atoms with Gasteiger partial charge in [-0.2, -0.15) is 38.8 Å². The number of nitrogens with zero attached hydrogens (tertiary/aromatic N) is 7. The van der Waals surface area contributed by atoms with E-state index in [1.165, 1.54) is 13.3 Å². The van der Waals surface area contributed by atoms with Crippen molar-refractivity contribution in [2.24, 2.45) is 0 Å². The molecule has 5 aromatic rings. The summed E-state index contributed by atoms with van der Waals surface area (Å²) in [4.78, 5) is 9.88. The van der Waals surface area contributed by atoms with Gasteiger partial charge in [-0.05, 0) is 17.7 Å². The number of hydrogen-bond donors (Lipinski definition) is 1. The fourth-order valence-electron chi connectivity index (χ4n) is 5.04. The molecule has 9 nitrogen and oxygen atoms in total. The van der Waals surface area contributed by atoms with Crippen LogP contribution in [0.5, 0.6) is 6.01 Å². The molecule has 6 rings (SSSR count). The summed E-state index contributed by atoms with van der Waals surface area (Å²) in [5.41, 5.74) is 3.27. The Labute approximate surface area is 231 Å². The average Bonchev–Trinajstić information content (AvgIpc) is 3.52. The van der Waals surface area contributed by atoms with Crippen molar-refractivity contribution >= 4 is 43.1 Å². The number of rotatable bonds is 3. The van der Waals surface area contributed by atoms with Crippen LogP contribution in [0.4, 0.5) is 32.8 Å². The third-order valence-electron chi connectivity index (χ3n) is 6.87. The minimum Gasteiger partial charge on any atom is -0.467 e. The highest BCUT2D eigenvalue weighted by atomic mass is 32.1. The normalized spacial score (nSPS) is 13.3. The second-order valence-electron chi connectivity index (χ2n) is 9.05. The number of anilines is 2. The topological polar surface area (TPSA) is 130 Å². The number of hydrogen-bond acceptors (Lipinski definition) is 9. The number of ether oxygens (including phenoxy) is 1. The second kappa shape index (κ2) is 9.28. The van der Waals surface area contributed by atoms with E-state index in [0.717, 1.165) is 18.2 Å². The Hall–Kier alpha value is -5.02. The maximum absolute atomic E-state index is 16.5. The van der Waals surface area contributed by atoms with Crippen molar-refractivity contribution in [3.8, 4) is 29.3 Å². The first-order chi connectivity index (χ1) is 19.6. The van der Waals surface area contributed by atoms with E-state index in [1.807, 2.05) is 6.07 Å². The Balaban J connectivity index is 1.67. The van der Waals surface area contributed by atoms with Crippen LogP contribution in [0.1, 0.15) is 22.4 Å². The molecule has 41 heavy (non-hydrogen) atoms. The van der Waals surface area contributed by atoms with Gasteiger partial charge in [0.15, 0.2) is 5.82 Å². The third kappa shape index (κ3) is 3.96. The van der Waals surface area contributed by atoms with Crippen molar-refractivity contribution in [1.82, 2.24) is 19.7 Å². The first kappa shape index (κ1) is 26.2. The molecule has 0 atom stereocenters. The van der Waals surface area contributed by atoms with E-state index in [-0.39, 0.29) is 62.1 Å². The molecule has 3 aromatic heterocycles. The monoisotopic (exact) mass is 582 g/mol. The van der Waals surface area contributed by atoms with Crippen LogP contribution in [0, 0.1) is 34.3 Å². The van der Waals surface area contributed by atoms with E-state index in [9.17, 15) is 28.1 Å². The van der Waals surface area contributed by atoms with Crippen molar-refractivity contribution in [1.29, 1.82) is 10.5 Å². The highest BCUT2D eigenvalue weighted by Gasteiger charge is 2.39. The molecule has 15 heteroatoms. The number of benzene rings is 2. The molecule has 0 saturated heterocycles. The van der Waals surface area contributed by atoms with Crippen LogP contribution in [0.15, 0.2) is 24.4 Å². The summed E-state index contributed by atoms with van der Waals surface area (Å²) in [6.45, 7) is 0.584. The molecule has 0 radical (unpaired) electrons. The fourth-order valence-corrected chi connectivity index (χ4v) is 5.99. The van der Waals surface area contributed by atoms with Gasteiger partial charge in [0.1, 0.15) is 34.3 Å². The van der Waals surface area contributed by atoms with Gasteiger partial charge >= 0.3 is 12.2 Å². The van der Waals surface area contributed by atoms with E-state index in [4.69, 9.17) is 10.5 Å². The van der Waals surface area contributed by atoms with Gasteiger partial charge < -0.3 is 15.4 Å². The lowest BCUT2D eigenvalue weighted by Crippen LogP contribution is -2.35. The highest BCUT2D eigenvalue weighted by Crippen LogP contribution is 2.48. The van der Waals surface area contributed by atoms with Crippen molar-refractivity contribution in [3.63, 3.8) is 0 Å². The standard InChI is InChI=1S/C26H15F5N8OS/c1-40-25-36-21-13(24(37-25)38-4-5-39-17(10-38)11(7-32)9-35-39)6-15(26(29,30)31)19(20(21)28)12-2-3-16(27)22-18(12)14(8-33)23(34)41-22/h2-3,6,9H,4-5,10,34H2,1H3. The van der Waals surface area contributed by atoms with Gasteiger partial charge in [-0.1, -0.05) is 6.07 Å². The Kier molecular flexibility index (Phi) is 5.93. The molecule has 0 saturated carbocycles. The second-order valence-corrected chi connectivity index (χ2v) is 10.1. The minimum atomic E-state index is -5.08. The lowest BCUT2D eigenvalue weighted by molar-refractivity contribution is -0.137. The van der Waals surface area contributed by atoms with E-state index >= 15 is 4.39 Å². The minimum absolute atomic E-state index is 0.0408. The average molecular weight is 583 g/mol. The van der Waals surface area contributed by atoms with Gasteiger partial charge in [-0.25, -0.2) is 8.78 Å². The molecule has 1 aliphatic rings. The molecule has 2 N–H and O–H groups in total. The van der Waals surface area contributed by atoms with Crippen LogP contribution < -0.4 is 15.4 Å². The van der Waals surface area contributed by atoms with Crippen LogP contribution >= 0.6 is 11.3 Å². The zero-order valence-electron chi connectivity index (χ0n) is 20.8. The Morgan fingerprint density at radius 3 is 2.59 bits per heavy atom. The summed E-state index contributed by atoms with van der Waals surface area (Å²) in [6, 6.07) is 6.12. The summed E-state index contributed by atoms with van der Waals surface area (Å²) in [5.74, 6) is -2.22. The summed E-state index contributed by atoms with van der Waals surface area (Å²) in [5, 5.41) is 22.6. The highest BCUT2D eigenvalue weighted by molar-refractivity contribution is 7.23. The summed E-state index contributed by atoms with van der Waals surface area (Å²) in [7, 11) is 1.23. The van der Waals surface area contributed by atoms with E-state index in [2.05, 4.69) is 15.1 Å². The maximum Gasteiger partial charge on any atom is 0.417 e. The Bertz CT molecular complexity index is 1990. The SMILES string of the molecule is COc1nc(N2CCn3ncc(C#N)c3C2)c2cc(C(F)(F)F)c(-c3ccc(F)c4sc(N)c(C#N)c34)c(F)c2n1. The number of nitrogen functional groups attached to an aromatic ring is 1. The molecular formula is C26H15F5N8OS. The Morgan fingerprint density at radius 2 is 1.90 bits per heavy atom. The van der Waals surface area contributed by atoms with Crippen molar-refractivity contribution in [3.05, 3.63) is 58.4 Å².